The molecule has 0 fully saturated rings. The number of nitrogen functional groups attached to an aromatic ring is 2. The van der Waals surface area contributed by atoms with Crippen LogP contribution < -0.4 is 16.4 Å². The second-order valence-corrected chi connectivity index (χ2v) is 6.59. The van der Waals surface area contributed by atoms with E-state index in [9.17, 15) is 4.39 Å². The number of anilines is 3. The maximum Gasteiger partial charge on any atom is 0.227 e. The van der Waals surface area contributed by atoms with Gasteiger partial charge in [-0.15, -0.1) is 0 Å². The molecule has 0 bridgehead atoms. The Hall–Kier alpha value is -3.55. The zero-order valence-electron chi connectivity index (χ0n) is 15.6. The largest absolute Gasteiger partial charge is 0.383 e. The van der Waals surface area contributed by atoms with Crippen LogP contribution in [0.15, 0.2) is 42.6 Å². The monoisotopic (exact) mass is 377 g/mol. The molecule has 4 N–H and O–H groups in total. The van der Waals surface area contributed by atoms with E-state index in [0.717, 1.165) is 17.4 Å². The van der Waals surface area contributed by atoms with Gasteiger partial charge in [-0.2, -0.15) is 15.0 Å². The molecule has 0 amide bonds. The van der Waals surface area contributed by atoms with Crippen LogP contribution >= 0.6 is 0 Å². The Kier molecular flexibility index (Phi) is 4.38. The zero-order chi connectivity index (χ0) is 19.8. The Labute approximate surface area is 161 Å². The summed E-state index contributed by atoms with van der Waals surface area (Å²) in [6.07, 6.45) is 2.38. The Morgan fingerprint density at radius 3 is 2.50 bits per heavy atom. The molecular weight excluding hydrogens is 357 g/mol. The van der Waals surface area contributed by atoms with Crippen molar-refractivity contribution >= 4 is 39.5 Å². The lowest BCUT2D eigenvalue weighted by atomic mass is 9.96. The van der Waals surface area contributed by atoms with Crippen molar-refractivity contribution in [3.05, 3.63) is 54.0 Å². The van der Waals surface area contributed by atoms with Gasteiger partial charge in [0.15, 0.2) is 5.65 Å². The van der Waals surface area contributed by atoms with Crippen LogP contribution in [0.2, 0.25) is 0 Å². The summed E-state index contributed by atoms with van der Waals surface area (Å²) in [6.45, 7) is 2.07. The van der Waals surface area contributed by atoms with Crippen molar-refractivity contribution in [1.82, 2.24) is 19.9 Å². The average molecular weight is 377 g/mol. The van der Waals surface area contributed by atoms with Crippen molar-refractivity contribution in [3.8, 4) is 0 Å². The number of halogens is 1. The van der Waals surface area contributed by atoms with Crippen LogP contribution in [0.25, 0.3) is 21.8 Å². The highest BCUT2D eigenvalue weighted by atomic mass is 19.1. The van der Waals surface area contributed by atoms with E-state index < -0.39 is 0 Å². The molecule has 4 aromatic rings. The molecule has 4 rings (SSSR count). The molecule has 0 aliphatic rings. The minimum Gasteiger partial charge on any atom is -0.383 e. The number of hydrogen-bond acceptors (Lipinski definition) is 7. The second-order valence-electron chi connectivity index (χ2n) is 6.59. The van der Waals surface area contributed by atoms with E-state index in [2.05, 4.69) is 26.9 Å². The number of hydrogen-bond donors (Lipinski definition) is 2. The fourth-order valence-electron chi connectivity index (χ4n) is 3.53. The molecule has 2 heterocycles. The van der Waals surface area contributed by atoms with E-state index in [-0.39, 0.29) is 23.6 Å². The minimum atomic E-state index is -0.235. The van der Waals surface area contributed by atoms with E-state index in [4.69, 9.17) is 11.5 Å². The average Bonchev–Trinajstić information content (AvgIpc) is 2.69. The maximum absolute atomic E-state index is 14.2. The summed E-state index contributed by atoms with van der Waals surface area (Å²) < 4.78 is 14.2. The molecule has 0 saturated heterocycles. The summed E-state index contributed by atoms with van der Waals surface area (Å²) in [4.78, 5) is 19.0. The van der Waals surface area contributed by atoms with E-state index >= 15 is 0 Å². The third-order valence-corrected chi connectivity index (χ3v) is 4.92. The third-order valence-electron chi connectivity index (χ3n) is 4.92. The summed E-state index contributed by atoms with van der Waals surface area (Å²) in [5, 5.41) is 2.02. The normalized spacial score (nSPS) is 12.4. The van der Waals surface area contributed by atoms with Crippen molar-refractivity contribution in [2.45, 2.75) is 19.4 Å². The summed E-state index contributed by atoms with van der Waals surface area (Å²) in [5.74, 6) is 0.550. The van der Waals surface area contributed by atoms with Crippen molar-refractivity contribution in [2.24, 2.45) is 0 Å². The van der Waals surface area contributed by atoms with Gasteiger partial charge < -0.3 is 16.4 Å². The second kappa shape index (κ2) is 6.88. The minimum absolute atomic E-state index is 0.0560. The molecule has 0 aliphatic heterocycles. The quantitative estimate of drug-likeness (QED) is 0.561. The molecule has 2 aromatic carbocycles. The summed E-state index contributed by atoms with van der Waals surface area (Å²) >= 11 is 0. The molecule has 28 heavy (non-hydrogen) atoms. The van der Waals surface area contributed by atoms with Crippen LogP contribution in [0.5, 0.6) is 0 Å². The van der Waals surface area contributed by atoms with Crippen LogP contribution in [-0.2, 0) is 0 Å². The fraction of sp³-hybridized carbons (Fsp3) is 0.200. The Bertz CT molecular complexity index is 1180. The molecule has 0 aliphatic carbocycles. The highest BCUT2D eigenvalue weighted by Crippen LogP contribution is 2.33. The van der Waals surface area contributed by atoms with Crippen molar-refractivity contribution < 1.29 is 4.39 Å². The molecule has 0 spiro atoms. The van der Waals surface area contributed by atoms with Gasteiger partial charge in [-0.25, -0.2) is 9.37 Å². The molecule has 142 valence electrons. The lowest BCUT2D eigenvalue weighted by Gasteiger charge is -2.28. The highest BCUT2D eigenvalue weighted by Gasteiger charge is 2.21. The topological polar surface area (TPSA) is 107 Å². The van der Waals surface area contributed by atoms with E-state index in [0.29, 0.717) is 22.4 Å². The first-order chi connectivity index (χ1) is 13.5. The summed E-state index contributed by atoms with van der Waals surface area (Å²) in [7, 11) is 1.90. The number of nitrogens with zero attached hydrogens (tertiary/aromatic N) is 5. The van der Waals surface area contributed by atoms with Gasteiger partial charge in [0, 0.05) is 18.6 Å². The standard InChI is InChI=1S/C20H20FN7/c1-3-16(13-8-9-15(21)12-7-5-4-6-11(12)13)28(2)20-24-10-14-17(22)25-19(23)26-18(14)27-20/h4-10,16H,3H2,1-2H3,(H4,22,23,24,25,26,27). The van der Waals surface area contributed by atoms with Gasteiger partial charge in [0.1, 0.15) is 11.6 Å². The van der Waals surface area contributed by atoms with Crippen molar-refractivity contribution in [1.29, 1.82) is 0 Å². The molecule has 0 radical (unpaired) electrons. The van der Waals surface area contributed by atoms with Crippen LogP contribution in [0, 0.1) is 5.82 Å². The van der Waals surface area contributed by atoms with Crippen LogP contribution in [0.3, 0.4) is 0 Å². The fourth-order valence-corrected chi connectivity index (χ4v) is 3.53. The predicted octanol–water partition coefficient (Wildman–Crippen LogP) is 3.46. The highest BCUT2D eigenvalue weighted by molar-refractivity contribution is 5.88. The van der Waals surface area contributed by atoms with Crippen LogP contribution in [0.1, 0.15) is 24.9 Å². The van der Waals surface area contributed by atoms with Crippen LogP contribution in [-0.4, -0.2) is 27.0 Å². The molecule has 2 aromatic heterocycles. The Morgan fingerprint density at radius 2 is 1.75 bits per heavy atom. The summed E-state index contributed by atoms with van der Waals surface area (Å²) in [5.41, 5.74) is 13.0. The first kappa shape index (κ1) is 17.8. The Balaban J connectivity index is 1.81. The first-order valence-electron chi connectivity index (χ1n) is 8.95. The number of benzene rings is 2. The molecule has 8 heteroatoms. The van der Waals surface area contributed by atoms with E-state index in [1.807, 2.05) is 36.2 Å². The smallest absolute Gasteiger partial charge is 0.227 e. The number of aromatic nitrogens is 4. The van der Waals surface area contributed by atoms with Crippen LogP contribution in [0.4, 0.5) is 22.1 Å². The molecule has 7 nitrogen and oxygen atoms in total. The van der Waals surface area contributed by atoms with Gasteiger partial charge in [-0.3, -0.25) is 0 Å². The molecule has 0 saturated carbocycles. The Morgan fingerprint density at radius 1 is 1.00 bits per heavy atom. The van der Waals surface area contributed by atoms with Gasteiger partial charge in [0.2, 0.25) is 11.9 Å². The van der Waals surface area contributed by atoms with Crippen molar-refractivity contribution in [2.75, 3.05) is 23.4 Å². The lowest BCUT2D eigenvalue weighted by molar-refractivity contribution is 0.626. The van der Waals surface area contributed by atoms with Gasteiger partial charge in [0.05, 0.1) is 11.4 Å². The van der Waals surface area contributed by atoms with Gasteiger partial charge in [0.25, 0.3) is 0 Å². The van der Waals surface area contributed by atoms with Gasteiger partial charge in [-0.05, 0) is 23.4 Å². The van der Waals surface area contributed by atoms with Gasteiger partial charge >= 0.3 is 0 Å². The zero-order valence-corrected chi connectivity index (χ0v) is 15.6. The number of nitrogens with two attached hydrogens (primary N) is 2. The van der Waals surface area contributed by atoms with Crippen molar-refractivity contribution in [3.63, 3.8) is 0 Å². The third kappa shape index (κ3) is 2.92. The predicted molar refractivity (Wildman–Crippen MR) is 109 cm³/mol. The van der Waals surface area contributed by atoms with E-state index in [1.54, 1.807) is 12.3 Å². The lowest BCUT2D eigenvalue weighted by Crippen LogP contribution is -2.26. The van der Waals surface area contributed by atoms with E-state index in [1.165, 1.54) is 6.07 Å². The van der Waals surface area contributed by atoms with Gasteiger partial charge in [-0.1, -0.05) is 37.3 Å². The maximum atomic E-state index is 14.2. The number of rotatable bonds is 4. The SMILES string of the molecule is CCC(c1ccc(F)c2ccccc12)N(C)c1ncc2c(N)nc(N)nc2n1. The summed E-state index contributed by atoms with van der Waals surface area (Å²) in [6, 6.07) is 10.7. The molecule has 1 unspecified atom stereocenters. The first-order valence-corrected chi connectivity index (χ1v) is 8.95. The molecule has 1 atom stereocenters. The number of fused-ring (bicyclic) bond motifs is 2. The molecular formula is C20H20FN7.